The minimum Gasteiger partial charge on any atom is -0.365 e. The maximum Gasteiger partial charge on any atom is 0.227 e. The van der Waals surface area contributed by atoms with Crippen LogP contribution in [0, 0.1) is 0 Å². The number of fused-ring (bicyclic) bond motifs is 1. The molecule has 1 amide bonds. The van der Waals surface area contributed by atoms with Crippen LogP contribution in [0.1, 0.15) is 17.5 Å². The Labute approximate surface area is 181 Å². The van der Waals surface area contributed by atoms with E-state index in [-0.39, 0.29) is 25.1 Å². The number of benzene rings is 2. The number of amides is 1. The summed E-state index contributed by atoms with van der Waals surface area (Å²) in [6.07, 6.45) is 0.517. The predicted octanol–water partition coefficient (Wildman–Crippen LogP) is 2.47. The Hall–Kier alpha value is -1.93. The van der Waals surface area contributed by atoms with Gasteiger partial charge in [0.1, 0.15) is 10.9 Å². The van der Waals surface area contributed by atoms with Crippen LogP contribution < -0.4 is 0 Å². The molecule has 0 saturated carbocycles. The van der Waals surface area contributed by atoms with Crippen LogP contribution in [0.2, 0.25) is 5.02 Å². The molecule has 2 aromatic carbocycles. The van der Waals surface area contributed by atoms with Crippen LogP contribution >= 0.6 is 11.6 Å². The molecule has 3 saturated heterocycles. The van der Waals surface area contributed by atoms with E-state index >= 15 is 0 Å². The van der Waals surface area contributed by atoms with Crippen molar-refractivity contribution in [3.63, 3.8) is 0 Å². The lowest BCUT2D eigenvalue weighted by atomic mass is 9.99. The number of carbonyl (C=O) groups excluding carboxylic acids is 1. The first-order valence-corrected chi connectivity index (χ1v) is 12.0. The molecule has 0 N–H and O–H groups in total. The third-order valence-electron chi connectivity index (χ3n) is 6.31. The summed E-state index contributed by atoms with van der Waals surface area (Å²) >= 11 is 6.06. The smallest absolute Gasteiger partial charge is 0.227 e. The third kappa shape index (κ3) is 3.43. The number of ether oxygens (including phenoxy) is 1. The molecule has 0 aromatic heterocycles. The zero-order valence-corrected chi connectivity index (χ0v) is 18.0. The Morgan fingerprint density at radius 2 is 1.87 bits per heavy atom. The summed E-state index contributed by atoms with van der Waals surface area (Å²) in [5.41, 5.74) is 0.941. The Balaban J connectivity index is 1.36. The Morgan fingerprint density at radius 1 is 1.10 bits per heavy atom. The van der Waals surface area contributed by atoms with E-state index in [1.165, 1.54) is 4.31 Å². The van der Waals surface area contributed by atoms with Crippen LogP contribution in [-0.4, -0.2) is 60.1 Å². The molecule has 3 aliphatic rings. The van der Waals surface area contributed by atoms with E-state index in [2.05, 4.69) is 0 Å². The maximum atomic E-state index is 13.3. The van der Waals surface area contributed by atoms with Crippen molar-refractivity contribution in [2.24, 2.45) is 0 Å². The van der Waals surface area contributed by atoms with E-state index in [4.69, 9.17) is 16.3 Å². The molecule has 0 unspecified atom stereocenters. The van der Waals surface area contributed by atoms with Gasteiger partial charge >= 0.3 is 0 Å². The van der Waals surface area contributed by atoms with E-state index < -0.39 is 20.9 Å². The fraction of sp³-hybridized carbons (Fsp3) is 0.409. The minimum absolute atomic E-state index is 0.0141. The molecule has 30 heavy (non-hydrogen) atoms. The molecule has 3 fully saturated rings. The summed E-state index contributed by atoms with van der Waals surface area (Å²) in [5.74, 6) is 0.0141. The van der Waals surface area contributed by atoms with Gasteiger partial charge in [0.05, 0.1) is 19.1 Å². The van der Waals surface area contributed by atoms with Crippen LogP contribution in [0.3, 0.4) is 0 Å². The zero-order chi connectivity index (χ0) is 20.9. The second-order valence-corrected chi connectivity index (χ2v) is 11.0. The SMILES string of the molecule is O=C(Cc1ccccc1)N1C[C@@H]2C[C@@H]3[C@@](C1)(CN(Cc1cccc(Cl)c1)S3(=O)=O)O2. The number of sulfonamides is 1. The van der Waals surface area contributed by atoms with Crippen LogP contribution in [0.5, 0.6) is 0 Å². The van der Waals surface area contributed by atoms with Crippen molar-refractivity contribution in [1.82, 2.24) is 9.21 Å². The van der Waals surface area contributed by atoms with Gasteiger partial charge in [-0.05, 0) is 29.7 Å². The third-order valence-corrected chi connectivity index (χ3v) is 8.86. The number of likely N-dealkylation sites (tertiary alicyclic amines) is 1. The van der Waals surface area contributed by atoms with E-state index in [1.54, 1.807) is 17.0 Å². The fourth-order valence-corrected chi connectivity index (χ4v) is 7.51. The van der Waals surface area contributed by atoms with Crippen molar-refractivity contribution >= 4 is 27.5 Å². The summed E-state index contributed by atoms with van der Waals surface area (Å²) in [5, 5.41) is -0.0298. The topological polar surface area (TPSA) is 66.9 Å². The van der Waals surface area contributed by atoms with Gasteiger partial charge in [-0.3, -0.25) is 4.79 Å². The first-order chi connectivity index (χ1) is 14.4. The summed E-state index contributed by atoms with van der Waals surface area (Å²) in [6.45, 7) is 1.28. The van der Waals surface area contributed by atoms with Crippen molar-refractivity contribution < 1.29 is 17.9 Å². The Morgan fingerprint density at radius 3 is 2.63 bits per heavy atom. The average Bonchev–Trinajstić information content (AvgIpc) is 3.08. The van der Waals surface area contributed by atoms with E-state index in [1.807, 2.05) is 42.5 Å². The minimum atomic E-state index is -3.52. The molecule has 5 rings (SSSR count). The molecule has 3 atom stereocenters. The van der Waals surface area contributed by atoms with Crippen molar-refractivity contribution in [1.29, 1.82) is 0 Å². The fourth-order valence-electron chi connectivity index (χ4n) is 5.00. The number of carbonyl (C=O) groups is 1. The van der Waals surface area contributed by atoms with Crippen molar-refractivity contribution in [2.45, 2.75) is 36.3 Å². The normalized spacial score (nSPS) is 29.7. The van der Waals surface area contributed by atoms with Gasteiger partial charge in [0, 0.05) is 24.7 Å². The zero-order valence-electron chi connectivity index (χ0n) is 16.4. The number of rotatable bonds is 4. The van der Waals surface area contributed by atoms with Crippen molar-refractivity contribution in [2.75, 3.05) is 19.6 Å². The lowest BCUT2D eigenvalue weighted by molar-refractivity contribution is -0.150. The van der Waals surface area contributed by atoms with Gasteiger partial charge in [-0.2, -0.15) is 4.31 Å². The molecule has 0 aliphatic carbocycles. The molecule has 1 spiro atoms. The van der Waals surface area contributed by atoms with Gasteiger partial charge in [0.25, 0.3) is 0 Å². The van der Waals surface area contributed by atoms with Crippen LogP contribution in [0.4, 0.5) is 0 Å². The summed E-state index contributed by atoms with van der Waals surface area (Å²) < 4.78 is 34.3. The summed E-state index contributed by atoms with van der Waals surface area (Å²) in [6, 6.07) is 16.8. The largest absolute Gasteiger partial charge is 0.365 e. The van der Waals surface area contributed by atoms with Gasteiger partial charge in [0.15, 0.2) is 0 Å². The van der Waals surface area contributed by atoms with E-state index in [0.717, 1.165) is 11.1 Å². The Bertz CT molecular complexity index is 1080. The molecule has 0 radical (unpaired) electrons. The quantitative estimate of drug-likeness (QED) is 0.723. The molecule has 2 aromatic rings. The molecule has 6 nitrogen and oxygen atoms in total. The van der Waals surface area contributed by atoms with Gasteiger partial charge in [0.2, 0.25) is 15.9 Å². The van der Waals surface area contributed by atoms with Gasteiger partial charge in [-0.15, -0.1) is 0 Å². The van der Waals surface area contributed by atoms with Crippen molar-refractivity contribution in [3.05, 3.63) is 70.7 Å². The number of hydrogen-bond acceptors (Lipinski definition) is 4. The lowest BCUT2D eigenvalue weighted by Crippen LogP contribution is -2.56. The molecular formula is C22H23ClN2O4S. The summed E-state index contributed by atoms with van der Waals surface area (Å²) in [7, 11) is -3.52. The Kier molecular flexibility index (Phi) is 4.89. The highest BCUT2D eigenvalue weighted by atomic mass is 35.5. The van der Waals surface area contributed by atoms with Gasteiger partial charge < -0.3 is 9.64 Å². The number of halogens is 1. The first kappa shape index (κ1) is 20.0. The van der Waals surface area contributed by atoms with Gasteiger partial charge in [-0.1, -0.05) is 54.1 Å². The van der Waals surface area contributed by atoms with E-state index in [0.29, 0.717) is 31.0 Å². The second-order valence-electron chi connectivity index (χ2n) is 8.41. The molecule has 3 aliphatic heterocycles. The van der Waals surface area contributed by atoms with Crippen molar-refractivity contribution in [3.8, 4) is 0 Å². The number of nitrogens with zero attached hydrogens (tertiary/aromatic N) is 2. The highest BCUT2D eigenvalue weighted by Crippen LogP contribution is 2.47. The maximum absolute atomic E-state index is 13.3. The number of morpholine rings is 1. The van der Waals surface area contributed by atoms with Crippen LogP contribution in [-0.2, 0) is 32.5 Å². The lowest BCUT2D eigenvalue weighted by Gasteiger charge is -2.39. The molecular weight excluding hydrogens is 424 g/mol. The summed E-state index contributed by atoms with van der Waals surface area (Å²) in [4.78, 5) is 14.7. The van der Waals surface area contributed by atoms with Crippen LogP contribution in [0.15, 0.2) is 54.6 Å². The molecule has 2 bridgehead atoms. The van der Waals surface area contributed by atoms with Crippen LogP contribution in [0.25, 0.3) is 0 Å². The van der Waals surface area contributed by atoms with E-state index in [9.17, 15) is 13.2 Å². The monoisotopic (exact) mass is 446 g/mol. The second kappa shape index (κ2) is 7.34. The number of hydrogen-bond donors (Lipinski definition) is 0. The molecule has 158 valence electrons. The van der Waals surface area contributed by atoms with Gasteiger partial charge in [-0.25, -0.2) is 8.42 Å². The predicted molar refractivity (Wildman–Crippen MR) is 114 cm³/mol. The molecule has 3 heterocycles. The first-order valence-electron chi connectivity index (χ1n) is 10.1. The average molecular weight is 447 g/mol. The standard InChI is InChI=1S/C22H23ClN2O4S/c23-18-8-4-7-17(9-18)12-25-15-22-14-24(21(26)10-16-5-2-1-3-6-16)13-19(29-22)11-20(22)30(25,27)28/h1-9,19-20H,10-15H2/t19-,20+,22+/m0/s1. The highest BCUT2D eigenvalue weighted by molar-refractivity contribution is 7.90. The highest BCUT2D eigenvalue weighted by Gasteiger charge is 2.65. The molecule has 8 heteroatoms.